The molecule has 172 valence electrons. The van der Waals surface area contributed by atoms with Crippen molar-refractivity contribution in [3.63, 3.8) is 0 Å². The number of nitrogens with one attached hydrogen (secondary N) is 1. The van der Waals surface area contributed by atoms with Gasteiger partial charge in [-0.3, -0.25) is 14.5 Å². The van der Waals surface area contributed by atoms with Crippen molar-refractivity contribution in [1.29, 1.82) is 0 Å². The molecule has 3 aliphatic heterocycles. The lowest BCUT2D eigenvalue weighted by atomic mass is 9.68. The number of H-pyrrole nitrogens is 1. The third-order valence-electron chi connectivity index (χ3n) is 7.14. The van der Waals surface area contributed by atoms with Gasteiger partial charge in [0.25, 0.3) is 0 Å². The molecular weight excluding hydrogens is 412 g/mol. The molecule has 3 aliphatic rings. The minimum Gasteiger partial charge on any atom is -0.497 e. The number of carbonyl (C=O) groups is 2. The molecule has 2 aromatic rings. The Labute approximate surface area is 186 Å². The van der Waals surface area contributed by atoms with Gasteiger partial charge in [0, 0.05) is 62.3 Å². The summed E-state index contributed by atoms with van der Waals surface area (Å²) in [5, 5.41) is 11.4. The molecule has 9 nitrogen and oxygen atoms in total. The second-order valence-electron chi connectivity index (χ2n) is 9.09. The summed E-state index contributed by atoms with van der Waals surface area (Å²) in [6, 6.07) is 5.45. The van der Waals surface area contributed by atoms with Gasteiger partial charge in [0.1, 0.15) is 5.75 Å². The van der Waals surface area contributed by atoms with Gasteiger partial charge in [0.2, 0.25) is 11.8 Å². The molecule has 32 heavy (non-hydrogen) atoms. The Balaban J connectivity index is 1.54. The van der Waals surface area contributed by atoms with Crippen LogP contribution in [0.3, 0.4) is 0 Å². The van der Waals surface area contributed by atoms with Crippen LogP contribution in [0.2, 0.25) is 0 Å². The molecule has 1 atom stereocenters. The maximum atomic E-state index is 13.4. The minimum absolute atomic E-state index is 0.00603. The Morgan fingerprint density at radius 2 is 2.00 bits per heavy atom. The summed E-state index contributed by atoms with van der Waals surface area (Å²) in [5.74, 6) is 0.771. The van der Waals surface area contributed by atoms with Gasteiger partial charge in [-0.15, -0.1) is 0 Å². The summed E-state index contributed by atoms with van der Waals surface area (Å²) in [5.41, 5.74) is 2.54. The number of carbonyl (C=O) groups excluding carboxylic acids is 2. The summed E-state index contributed by atoms with van der Waals surface area (Å²) < 4.78 is 10.8. The summed E-state index contributed by atoms with van der Waals surface area (Å²) in [7, 11) is 1.63. The SMILES string of the molecule is COc1ccc2c3c([nH]c2c1)[C@@H](CO)N(C(=O)CN1CCOCC1)CC31CN(C(C)=O)C1. The number of aliphatic hydroxyl groups excluding tert-OH is 1. The highest BCUT2D eigenvalue weighted by molar-refractivity contribution is 5.90. The first-order valence-corrected chi connectivity index (χ1v) is 11.1. The van der Waals surface area contributed by atoms with Crippen LogP contribution in [0.5, 0.6) is 5.75 Å². The molecule has 0 radical (unpaired) electrons. The standard InChI is InChI=1S/C23H30N4O5/c1-15(29)26-12-23(13-26)14-27(20(30)10-25-5-7-32-8-6-25)19(11-28)22-21(23)17-4-3-16(31-2)9-18(17)24-22/h3-4,9,19,24,28H,5-8,10-14H2,1-2H3/t19-/m1/s1. The molecular formula is C23H30N4O5. The zero-order chi connectivity index (χ0) is 22.5. The van der Waals surface area contributed by atoms with Gasteiger partial charge in [-0.05, 0) is 17.7 Å². The van der Waals surface area contributed by atoms with Crippen LogP contribution in [-0.2, 0) is 19.7 Å². The van der Waals surface area contributed by atoms with Crippen LogP contribution in [0.4, 0.5) is 0 Å². The molecule has 2 amide bonds. The van der Waals surface area contributed by atoms with E-state index >= 15 is 0 Å². The number of aromatic nitrogens is 1. The van der Waals surface area contributed by atoms with Crippen molar-refractivity contribution in [2.75, 3.05) is 66.2 Å². The molecule has 0 bridgehead atoms. The van der Waals surface area contributed by atoms with E-state index in [4.69, 9.17) is 9.47 Å². The average Bonchev–Trinajstić information content (AvgIpc) is 3.15. The fraction of sp³-hybridized carbons (Fsp3) is 0.565. The second-order valence-corrected chi connectivity index (χ2v) is 9.09. The van der Waals surface area contributed by atoms with Crippen LogP contribution < -0.4 is 4.74 Å². The molecule has 2 N–H and O–H groups in total. The topological polar surface area (TPSA) is 98.3 Å². The molecule has 1 aromatic carbocycles. The number of hydrogen-bond acceptors (Lipinski definition) is 6. The van der Waals surface area contributed by atoms with Crippen molar-refractivity contribution in [1.82, 2.24) is 19.7 Å². The van der Waals surface area contributed by atoms with Crippen molar-refractivity contribution >= 4 is 22.7 Å². The predicted molar refractivity (Wildman–Crippen MR) is 118 cm³/mol. The van der Waals surface area contributed by atoms with E-state index in [1.165, 1.54) is 0 Å². The minimum atomic E-state index is -0.450. The number of aliphatic hydroxyl groups is 1. The Morgan fingerprint density at radius 1 is 1.25 bits per heavy atom. The molecule has 2 fully saturated rings. The van der Waals surface area contributed by atoms with Crippen molar-refractivity contribution in [2.24, 2.45) is 0 Å². The highest BCUT2D eigenvalue weighted by Crippen LogP contribution is 2.48. The largest absolute Gasteiger partial charge is 0.497 e. The zero-order valence-electron chi connectivity index (χ0n) is 18.6. The maximum absolute atomic E-state index is 13.4. The molecule has 1 spiro atoms. The Kier molecular flexibility index (Phi) is 5.35. The summed E-state index contributed by atoms with van der Waals surface area (Å²) >= 11 is 0. The van der Waals surface area contributed by atoms with Crippen LogP contribution in [0.15, 0.2) is 18.2 Å². The fourth-order valence-electron chi connectivity index (χ4n) is 5.48. The van der Waals surface area contributed by atoms with Crippen molar-refractivity contribution < 1.29 is 24.2 Å². The third kappa shape index (κ3) is 3.35. The number of methoxy groups -OCH3 is 1. The number of morpholine rings is 1. The molecule has 5 rings (SSSR count). The Morgan fingerprint density at radius 3 is 2.66 bits per heavy atom. The molecule has 0 saturated carbocycles. The van der Waals surface area contributed by atoms with E-state index in [2.05, 4.69) is 9.88 Å². The zero-order valence-corrected chi connectivity index (χ0v) is 18.6. The normalized spacial score (nSPS) is 22.7. The lowest BCUT2D eigenvalue weighted by molar-refractivity contribution is -0.145. The van der Waals surface area contributed by atoms with Gasteiger partial charge >= 0.3 is 0 Å². The van der Waals surface area contributed by atoms with E-state index in [0.717, 1.165) is 41.0 Å². The number of aromatic amines is 1. The van der Waals surface area contributed by atoms with Crippen molar-refractivity contribution in [2.45, 2.75) is 18.4 Å². The van der Waals surface area contributed by atoms with Crippen LogP contribution in [0.25, 0.3) is 10.9 Å². The average molecular weight is 443 g/mol. The van der Waals surface area contributed by atoms with E-state index in [-0.39, 0.29) is 23.8 Å². The monoisotopic (exact) mass is 442 g/mol. The van der Waals surface area contributed by atoms with Crippen LogP contribution in [0.1, 0.15) is 24.2 Å². The molecule has 1 aromatic heterocycles. The first-order valence-electron chi connectivity index (χ1n) is 11.1. The lowest BCUT2D eigenvalue weighted by Gasteiger charge is -2.56. The van der Waals surface area contributed by atoms with Gasteiger partial charge < -0.3 is 29.4 Å². The number of benzene rings is 1. The fourth-order valence-corrected chi connectivity index (χ4v) is 5.48. The molecule has 0 unspecified atom stereocenters. The van der Waals surface area contributed by atoms with Gasteiger partial charge in [0.15, 0.2) is 0 Å². The van der Waals surface area contributed by atoms with Gasteiger partial charge in [-0.25, -0.2) is 0 Å². The van der Waals surface area contributed by atoms with Gasteiger partial charge in [0.05, 0.1) is 44.9 Å². The number of amides is 2. The number of ether oxygens (including phenoxy) is 2. The Hall–Kier alpha value is -2.62. The molecule has 2 saturated heterocycles. The smallest absolute Gasteiger partial charge is 0.237 e. The van der Waals surface area contributed by atoms with E-state index in [0.29, 0.717) is 39.4 Å². The number of hydrogen-bond donors (Lipinski definition) is 2. The first-order chi connectivity index (χ1) is 15.5. The van der Waals surface area contributed by atoms with E-state index < -0.39 is 6.04 Å². The summed E-state index contributed by atoms with van der Waals surface area (Å²) in [6.07, 6.45) is 0. The van der Waals surface area contributed by atoms with Crippen LogP contribution in [-0.4, -0.2) is 103 Å². The van der Waals surface area contributed by atoms with Gasteiger partial charge in [-0.1, -0.05) is 0 Å². The van der Waals surface area contributed by atoms with E-state index in [1.54, 1.807) is 14.0 Å². The number of likely N-dealkylation sites (tertiary alicyclic amines) is 1. The summed E-state index contributed by atoms with van der Waals surface area (Å²) in [6.45, 7) is 6.03. The lowest BCUT2D eigenvalue weighted by Crippen LogP contribution is -2.68. The highest BCUT2D eigenvalue weighted by atomic mass is 16.5. The van der Waals surface area contributed by atoms with Crippen molar-refractivity contribution in [3.8, 4) is 5.75 Å². The first kappa shape index (κ1) is 21.2. The maximum Gasteiger partial charge on any atom is 0.237 e. The summed E-state index contributed by atoms with van der Waals surface area (Å²) in [4.78, 5) is 34.6. The molecule has 0 aliphatic carbocycles. The number of nitrogens with zero attached hydrogens (tertiary/aromatic N) is 3. The number of rotatable bonds is 4. The van der Waals surface area contributed by atoms with Crippen molar-refractivity contribution in [3.05, 3.63) is 29.5 Å². The predicted octanol–water partition coefficient (Wildman–Crippen LogP) is 0.484. The Bertz CT molecular complexity index is 1040. The van der Waals surface area contributed by atoms with Crippen LogP contribution in [0, 0.1) is 0 Å². The number of fused-ring (bicyclic) bond motifs is 4. The van der Waals surface area contributed by atoms with Crippen LogP contribution >= 0.6 is 0 Å². The molecule has 4 heterocycles. The van der Waals surface area contributed by atoms with E-state index in [1.807, 2.05) is 28.0 Å². The quantitative estimate of drug-likeness (QED) is 0.715. The van der Waals surface area contributed by atoms with E-state index in [9.17, 15) is 14.7 Å². The van der Waals surface area contributed by atoms with Gasteiger partial charge in [-0.2, -0.15) is 0 Å². The second kappa shape index (κ2) is 8.06. The molecule has 9 heteroatoms. The highest BCUT2D eigenvalue weighted by Gasteiger charge is 2.54. The third-order valence-corrected chi connectivity index (χ3v) is 7.14.